The summed E-state index contributed by atoms with van der Waals surface area (Å²) in [4.78, 5) is 12.3. The lowest BCUT2D eigenvalue weighted by Crippen LogP contribution is -2.27. The van der Waals surface area contributed by atoms with Crippen molar-refractivity contribution in [3.05, 3.63) is 65.5 Å². The molecule has 0 radical (unpaired) electrons. The maximum absolute atomic E-state index is 13.5. The van der Waals surface area contributed by atoms with Gasteiger partial charge in [0.1, 0.15) is 5.82 Å². The maximum Gasteiger partial charge on any atom is 0.243 e. The van der Waals surface area contributed by atoms with E-state index in [1.54, 1.807) is 42.5 Å². The van der Waals surface area contributed by atoms with Gasteiger partial charge in [0.25, 0.3) is 0 Å². The molecule has 144 valence electrons. The van der Waals surface area contributed by atoms with Crippen molar-refractivity contribution in [3.8, 4) is 0 Å². The van der Waals surface area contributed by atoms with Crippen LogP contribution in [0.2, 0.25) is 0 Å². The minimum atomic E-state index is -3.41. The molecule has 1 amide bonds. The molecule has 1 aliphatic heterocycles. The third kappa shape index (κ3) is 4.93. The number of nitrogens with zero attached hydrogens (tertiary/aromatic N) is 1. The van der Waals surface area contributed by atoms with Gasteiger partial charge in [-0.25, -0.2) is 12.8 Å². The van der Waals surface area contributed by atoms with Gasteiger partial charge < -0.3 is 5.32 Å². The third-order valence-electron chi connectivity index (χ3n) is 4.70. The largest absolute Gasteiger partial charge is 0.352 e. The van der Waals surface area contributed by atoms with Crippen molar-refractivity contribution in [3.63, 3.8) is 0 Å². The standard InChI is InChI=1S/C20H23FN2O3S/c21-19-6-2-1-5-17(19)15-22-20(24)12-9-16-7-10-18(11-8-16)27(25,26)23-13-3-4-14-23/h1-2,5-8,10-11H,3-4,9,12-15H2,(H,22,24). The average Bonchev–Trinajstić information content (AvgIpc) is 3.22. The Morgan fingerprint density at radius 2 is 1.70 bits per heavy atom. The monoisotopic (exact) mass is 390 g/mol. The van der Waals surface area contributed by atoms with Crippen LogP contribution in [0.25, 0.3) is 0 Å². The molecule has 0 saturated carbocycles. The summed E-state index contributed by atoms with van der Waals surface area (Å²) in [5.74, 6) is -0.514. The number of halogens is 1. The molecule has 1 N–H and O–H groups in total. The smallest absolute Gasteiger partial charge is 0.243 e. The number of amides is 1. The van der Waals surface area contributed by atoms with Crippen LogP contribution in [0.1, 0.15) is 30.4 Å². The first kappa shape index (κ1) is 19.5. The number of hydrogen-bond acceptors (Lipinski definition) is 3. The molecule has 0 aromatic heterocycles. The number of rotatable bonds is 7. The average molecular weight is 390 g/mol. The molecule has 0 spiro atoms. The van der Waals surface area contributed by atoms with Gasteiger partial charge in [0, 0.05) is 31.6 Å². The van der Waals surface area contributed by atoms with Crippen LogP contribution >= 0.6 is 0 Å². The van der Waals surface area contributed by atoms with Gasteiger partial charge in [0.05, 0.1) is 4.90 Å². The fraction of sp³-hybridized carbons (Fsp3) is 0.350. The maximum atomic E-state index is 13.5. The second-order valence-corrected chi connectivity index (χ2v) is 8.56. The lowest BCUT2D eigenvalue weighted by Gasteiger charge is -2.15. The molecule has 1 saturated heterocycles. The third-order valence-corrected chi connectivity index (χ3v) is 6.61. The highest BCUT2D eigenvalue weighted by Gasteiger charge is 2.26. The van der Waals surface area contributed by atoms with E-state index in [1.807, 2.05) is 0 Å². The zero-order valence-electron chi connectivity index (χ0n) is 15.0. The molecule has 0 aliphatic carbocycles. The minimum absolute atomic E-state index is 0.151. The lowest BCUT2D eigenvalue weighted by molar-refractivity contribution is -0.121. The molecule has 2 aromatic rings. The molecule has 3 rings (SSSR count). The Labute approximate surface area is 159 Å². The number of nitrogens with one attached hydrogen (secondary N) is 1. The summed E-state index contributed by atoms with van der Waals surface area (Å²) in [5, 5.41) is 2.70. The van der Waals surface area contributed by atoms with Crippen LogP contribution in [0.15, 0.2) is 53.4 Å². The van der Waals surface area contributed by atoms with Gasteiger partial charge in [-0.3, -0.25) is 4.79 Å². The first-order chi connectivity index (χ1) is 13.0. The SMILES string of the molecule is O=C(CCc1ccc(S(=O)(=O)N2CCCC2)cc1)NCc1ccccc1F. The van der Waals surface area contributed by atoms with Gasteiger partial charge >= 0.3 is 0 Å². The topological polar surface area (TPSA) is 66.5 Å². The zero-order valence-corrected chi connectivity index (χ0v) is 15.8. The number of carbonyl (C=O) groups is 1. The summed E-state index contributed by atoms with van der Waals surface area (Å²) in [6.45, 7) is 1.30. The second kappa shape index (κ2) is 8.63. The van der Waals surface area contributed by atoms with Crippen LogP contribution in [0, 0.1) is 5.82 Å². The Hall–Kier alpha value is -2.25. The van der Waals surface area contributed by atoms with Gasteiger partial charge in [-0.2, -0.15) is 4.31 Å². The molecule has 27 heavy (non-hydrogen) atoms. The van der Waals surface area contributed by atoms with E-state index in [9.17, 15) is 17.6 Å². The molecule has 1 aliphatic rings. The Kier molecular flexibility index (Phi) is 6.23. The summed E-state index contributed by atoms with van der Waals surface area (Å²) in [7, 11) is -3.41. The van der Waals surface area contributed by atoms with E-state index in [0.717, 1.165) is 18.4 Å². The number of benzene rings is 2. The van der Waals surface area contributed by atoms with Crippen LogP contribution in [-0.4, -0.2) is 31.7 Å². The van der Waals surface area contributed by atoms with Crippen LogP contribution in [-0.2, 0) is 27.8 Å². The lowest BCUT2D eigenvalue weighted by atomic mass is 10.1. The van der Waals surface area contributed by atoms with Gasteiger partial charge in [-0.1, -0.05) is 30.3 Å². The van der Waals surface area contributed by atoms with Crippen molar-refractivity contribution in [1.82, 2.24) is 9.62 Å². The highest BCUT2D eigenvalue weighted by molar-refractivity contribution is 7.89. The Bertz CT molecular complexity index is 892. The molecule has 0 bridgehead atoms. The molecular formula is C20H23FN2O3S. The normalized spacial score (nSPS) is 15.0. The van der Waals surface area contributed by atoms with E-state index in [1.165, 1.54) is 10.4 Å². The van der Waals surface area contributed by atoms with Crippen LogP contribution in [0.3, 0.4) is 0 Å². The summed E-state index contributed by atoms with van der Waals surface area (Å²) < 4.78 is 40.0. The molecule has 1 fully saturated rings. The van der Waals surface area contributed by atoms with E-state index in [4.69, 9.17) is 0 Å². The molecule has 0 unspecified atom stereocenters. The quantitative estimate of drug-likeness (QED) is 0.791. The number of aryl methyl sites for hydroxylation is 1. The van der Waals surface area contributed by atoms with E-state index in [0.29, 0.717) is 25.1 Å². The second-order valence-electron chi connectivity index (χ2n) is 6.62. The number of hydrogen-bond donors (Lipinski definition) is 1. The van der Waals surface area contributed by atoms with Crippen molar-refractivity contribution in [2.24, 2.45) is 0 Å². The van der Waals surface area contributed by atoms with E-state index >= 15 is 0 Å². The van der Waals surface area contributed by atoms with Crippen molar-refractivity contribution in [1.29, 1.82) is 0 Å². The summed E-state index contributed by atoms with van der Waals surface area (Å²) in [6.07, 6.45) is 2.55. The highest BCUT2D eigenvalue weighted by Crippen LogP contribution is 2.21. The van der Waals surface area contributed by atoms with Crippen molar-refractivity contribution in [2.45, 2.75) is 37.1 Å². The fourth-order valence-corrected chi connectivity index (χ4v) is 4.60. The number of carbonyl (C=O) groups excluding carboxylic acids is 1. The van der Waals surface area contributed by atoms with E-state index < -0.39 is 10.0 Å². The first-order valence-corrected chi connectivity index (χ1v) is 10.5. The van der Waals surface area contributed by atoms with Crippen LogP contribution < -0.4 is 5.32 Å². The summed E-state index contributed by atoms with van der Waals surface area (Å²) >= 11 is 0. The van der Waals surface area contributed by atoms with E-state index in [-0.39, 0.29) is 29.6 Å². The molecule has 7 heteroatoms. The van der Waals surface area contributed by atoms with Crippen molar-refractivity contribution < 1.29 is 17.6 Å². The molecule has 0 atom stereocenters. The van der Waals surface area contributed by atoms with Gasteiger partial charge in [-0.15, -0.1) is 0 Å². The zero-order chi connectivity index (χ0) is 19.3. The Morgan fingerprint density at radius 3 is 2.37 bits per heavy atom. The van der Waals surface area contributed by atoms with Crippen molar-refractivity contribution in [2.75, 3.05) is 13.1 Å². The molecule has 2 aromatic carbocycles. The van der Waals surface area contributed by atoms with E-state index in [2.05, 4.69) is 5.32 Å². The van der Waals surface area contributed by atoms with Gasteiger partial charge in [0.2, 0.25) is 15.9 Å². The Balaban J connectivity index is 1.51. The van der Waals surface area contributed by atoms with Crippen LogP contribution in [0.5, 0.6) is 0 Å². The summed E-state index contributed by atoms with van der Waals surface area (Å²) in [5.41, 5.74) is 1.33. The fourth-order valence-electron chi connectivity index (χ4n) is 3.09. The highest BCUT2D eigenvalue weighted by atomic mass is 32.2. The molecule has 1 heterocycles. The summed E-state index contributed by atoms with van der Waals surface area (Å²) in [6, 6.07) is 13.0. The van der Waals surface area contributed by atoms with Gasteiger partial charge in [-0.05, 0) is 43.0 Å². The number of sulfonamides is 1. The molecule has 5 nitrogen and oxygen atoms in total. The van der Waals surface area contributed by atoms with Crippen molar-refractivity contribution >= 4 is 15.9 Å². The van der Waals surface area contributed by atoms with Gasteiger partial charge in [0.15, 0.2) is 0 Å². The Morgan fingerprint density at radius 1 is 1.04 bits per heavy atom. The minimum Gasteiger partial charge on any atom is -0.352 e. The predicted octanol–water partition coefficient (Wildman–Crippen LogP) is 2.86. The molecular weight excluding hydrogens is 367 g/mol. The van der Waals surface area contributed by atoms with Crippen LogP contribution in [0.4, 0.5) is 4.39 Å². The predicted molar refractivity (Wildman–Crippen MR) is 101 cm³/mol. The first-order valence-electron chi connectivity index (χ1n) is 9.06.